The molecule has 0 saturated heterocycles. The molecule has 0 saturated carbocycles. The van der Waals surface area contributed by atoms with Crippen LogP contribution in [0.1, 0.15) is 83.3 Å². The highest BCUT2D eigenvalue weighted by atomic mass is 31.2. The van der Waals surface area contributed by atoms with Crippen LogP contribution in [0.2, 0.25) is 0 Å². The van der Waals surface area contributed by atoms with Crippen molar-refractivity contribution in [2.45, 2.75) is 84.7 Å². The third-order valence-corrected chi connectivity index (χ3v) is 5.48. The normalized spacial score (nSPS) is 18.1. The van der Waals surface area contributed by atoms with E-state index in [-0.39, 0.29) is 12.0 Å². The lowest BCUT2D eigenvalue weighted by atomic mass is 9.84. The first kappa shape index (κ1) is 23.2. The Morgan fingerprint density at radius 3 is 2.61 bits per heavy atom. The fourth-order valence-corrected chi connectivity index (χ4v) is 4.15. The first-order chi connectivity index (χ1) is 13.4. The molecule has 1 aromatic rings. The van der Waals surface area contributed by atoms with E-state index in [9.17, 15) is 4.89 Å². The van der Waals surface area contributed by atoms with E-state index in [2.05, 4.69) is 30.9 Å². The predicted molar refractivity (Wildman–Crippen MR) is 114 cm³/mol. The van der Waals surface area contributed by atoms with E-state index in [0.717, 1.165) is 49.0 Å². The molecule has 0 amide bonds. The molecule has 1 unspecified atom stereocenters. The quantitative estimate of drug-likeness (QED) is 0.146. The zero-order valence-corrected chi connectivity index (χ0v) is 18.8. The van der Waals surface area contributed by atoms with Gasteiger partial charge >= 0.3 is 8.60 Å². The fourth-order valence-electron chi connectivity index (χ4n) is 3.67. The van der Waals surface area contributed by atoms with Gasteiger partial charge in [-0.25, -0.2) is 4.89 Å². The Hall–Kier alpha value is -1.13. The van der Waals surface area contributed by atoms with Crippen molar-refractivity contribution in [1.82, 2.24) is 0 Å². The Morgan fingerprint density at radius 1 is 1.21 bits per heavy atom. The highest BCUT2D eigenvalue weighted by molar-refractivity contribution is 7.40. The number of aryl methyl sites for hydroxylation is 1. The van der Waals surface area contributed by atoms with Crippen molar-refractivity contribution in [3.8, 4) is 11.5 Å². The highest BCUT2D eigenvalue weighted by Gasteiger charge is 2.26. The first-order valence-electron chi connectivity index (χ1n) is 10.3. The second kappa shape index (κ2) is 11.8. The fraction of sp³-hybridized carbons (Fsp3) is 0.636. The van der Waals surface area contributed by atoms with E-state index in [1.165, 1.54) is 25.5 Å². The van der Waals surface area contributed by atoms with Gasteiger partial charge in [-0.2, -0.15) is 0 Å². The standard InChI is InChI=1S/C22H35O5P/c1-6-7-8-11-18-14-20(25-16(2)3)22(19-12-9-10-17(4)13-19)21(15-18)26-28(23)27-24-5/h13-16,19,23H,6-12H2,1-5H3/t19-,28?/m0/s1. The number of hydrogen-bond donors (Lipinski definition) is 1. The summed E-state index contributed by atoms with van der Waals surface area (Å²) in [6.45, 7) is 8.43. The zero-order valence-electron chi connectivity index (χ0n) is 17.9. The van der Waals surface area contributed by atoms with Crippen LogP contribution in [0.5, 0.6) is 11.5 Å². The van der Waals surface area contributed by atoms with E-state index in [1.807, 2.05) is 19.9 Å². The van der Waals surface area contributed by atoms with Gasteiger partial charge < -0.3 is 14.2 Å². The van der Waals surface area contributed by atoms with Crippen LogP contribution in [0.3, 0.4) is 0 Å². The van der Waals surface area contributed by atoms with Crippen molar-refractivity contribution < 1.29 is 23.7 Å². The van der Waals surface area contributed by atoms with Gasteiger partial charge in [0, 0.05) is 11.5 Å². The summed E-state index contributed by atoms with van der Waals surface area (Å²) < 4.78 is 16.8. The van der Waals surface area contributed by atoms with Crippen molar-refractivity contribution in [2.75, 3.05) is 7.11 Å². The monoisotopic (exact) mass is 410 g/mol. The van der Waals surface area contributed by atoms with Crippen LogP contribution in [0.15, 0.2) is 23.8 Å². The molecule has 2 rings (SSSR count). The van der Waals surface area contributed by atoms with Gasteiger partial charge in [-0.15, -0.1) is 4.67 Å². The summed E-state index contributed by atoms with van der Waals surface area (Å²) in [5.41, 5.74) is 3.53. The molecule has 0 aliphatic heterocycles. The molecule has 0 fully saturated rings. The second-order valence-corrected chi connectivity index (χ2v) is 8.52. The summed E-state index contributed by atoms with van der Waals surface area (Å²) in [6, 6.07) is 4.17. The van der Waals surface area contributed by atoms with Gasteiger partial charge in [0.15, 0.2) is 0 Å². The van der Waals surface area contributed by atoms with Gasteiger partial charge in [-0.1, -0.05) is 31.4 Å². The first-order valence-corrected chi connectivity index (χ1v) is 11.5. The molecule has 1 aliphatic carbocycles. The highest BCUT2D eigenvalue weighted by Crippen LogP contribution is 2.47. The number of unbranched alkanes of at least 4 members (excludes halogenated alkanes) is 2. The van der Waals surface area contributed by atoms with E-state index >= 15 is 0 Å². The summed E-state index contributed by atoms with van der Waals surface area (Å²) in [5, 5.41) is 0. The lowest BCUT2D eigenvalue weighted by molar-refractivity contribution is -0.184. The smallest absolute Gasteiger partial charge is 0.424 e. The van der Waals surface area contributed by atoms with Gasteiger partial charge in [0.25, 0.3) is 0 Å². The maximum Gasteiger partial charge on any atom is 0.424 e. The molecular formula is C22H35O5P. The molecule has 28 heavy (non-hydrogen) atoms. The van der Waals surface area contributed by atoms with Crippen LogP contribution >= 0.6 is 8.60 Å². The SMILES string of the molecule is CCCCCc1cc(OC(C)C)c([C@@H]2C=C(C)CCC2)c(OP(O)OOC)c1. The van der Waals surface area contributed by atoms with Gasteiger partial charge in [0.1, 0.15) is 11.5 Å². The minimum Gasteiger partial charge on any atom is -0.491 e. The lowest BCUT2D eigenvalue weighted by Crippen LogP contribution is -2.12. The maximum absolute atomic E-state index is 10.1. The van der Waals surface area contributed by atoms with E-state index in [4.69, 9.17) is 13.9 Å². The summed E-state index contributed by atoms with van der Waals surface area (Å²) >= 11 is 0. The van der Waals surface area contributed by atoms with Crippen LogP contribution in [0.25, 0.3) is 0 Å². The van der Waals surface area contributed by atoms with Crippen LogP contribution in [-0.2, 0) is 16.0 Å². The number of allylic oxidation sites excluding steroid dienone is 2. The average molecular weight is 410 g/mol. The number of rotatable bonds is 11. The number of hydrogen-bond acceptors (Lipinski definition) is 5. The molecule has 1 aromatic carbocycles. The van der Waals surface area contributed by atoms with Crippen LogP contribution < -0.4 is 9.26 Å². The summed E-state index contributed by atoms with van der Waals surface area (Å²) in [5.74, 6) is 1.68. The predicted octanol–water partition coefficient (Wildman–Crippen LogP) is 6.60. The number of benzene rings is 1. The summed E-state index contributed by atoms with van der Waals surface area (Å²) in [6.07, 6.45) is 10.1. The molecule has 2 atom stereocenters. The lowest BCUT2D eigenvalue weighted by Gasteiger charge is -2.26. The van der Waals surface area contributed by atoms with Crippen LogP contribution in [-0.4, -0.2) is 18.1 Å². The number of ether oxygens (including phenoxy) is 1. The molecular weight excluding hydrogens is 375 g/mol. The Balaban J connectivity index is 2.47. The zero-order chi connectivity index (χ0) is 20.5. The van der Waals surface area contributed by atoms with Crippen molar-refractivity contribution in [3.05, 3.63) is 34.9 Å². The molecule has 0 aromatic heterocycles. The van der Waals surface area contributed by atoms with Crippen molar-refractivity contribution in [1.29, 1.82) is 0 Å². The second-order valence-electron chi connectivity index (χ2n) is 7.71. The molecule has 1 N–H and O–H groups in total. The topological polar surface area (TPSA) is 57.2 Å². The maximum atomic E-state index is 10.1. The summed E-state index contributed by atoms with van der Waals surface area (Å²) in [4.78, 5) is 14.7. The molecule has 0 spiro atoms. The van der Waals surface area contributed by atoms with E-state index in [1.54, 1.807) is 0 Å². The van der Waals surface area contributed by atoms with Gasteiger partial charge in [0.2, 0.25) is 0 Å². The summed E-state index contributed by atoms with van der Waals surface area (Å²) in [7, 11) is -0.806. The Morgan fingerprint density at radius 2 is 1.96 bits per heavy atom. The molecule has 1 aliphatic rings. The minimum absolute atomic E-state index is 0.0528. The Labute approximate surface area is 171 Å². The average Bonchev–Trinajstić information content (AvgIpc) is 2.61. The Bertz CT molecular complexity index is 644. The van der Waals surface area contributed by atoms with Crippen LogP contribution in [0.4, 0.5) is 0 Å². The van der Waals surface area contributed by atoms with Gasteiger partial charge in [-0.3, -0.25) is 0 Å². The van der Waals surface area contributed by atoms with Crippen molar-refractivity contribution in [2.24, 2.45) is 0 Å². The van der Waals surface area contributed by atoms with E-state index in [0.29, 0.717) is 5.75 Å². The molecule has 6 heteroatoms. The largest absolute Gasteiger partial charge is 0.491 e. The third kappa shape index (κ3) is 7.04. The molecule has 0 heterocycles. The minimum atomic E-state index is -2.16. The molecule has 158 valence electrons. The van der Waals surface area contributed by atoms with Gasteiger partial charge in [0.05, 0.1) is 13.2 Å². The van der Waals surface area contributed by atoms with Crippen LogP contribution in [0, 0.1) is 0 Å². The molecule has 0 radical (unpaired) electrons. The van der Waals surface area contributed by atoms with Crippen molar-refractivity contribution in [3.63, 3.8) is 0 Å². The van der Waals surface area contributed by atoms with E-state index < -0.39 is 8.60 Å². The molecule has 0 bridgehead atoms. The van der Waals surface area contributed by atoms with Gasteiger partial charge in [-0.05, 0) is 70.6 Å². The van der Waals surface area contributed by atoms with Crippen molar-refractivity contribution >= 4 is 8.60 Å². The molecule has 5 nitrogen and oxygen atoms in total. The third-order valence-electron chi connectivity index (χ3n) is 4.85. The Kier molecular flexibility index (Phi) is 9.73.